The Morgan fingerprint density at radius 1 is 1.17 bits per heavy atom. The molecule has 0 bridgehead atoms. The van der Waals surface area contributed by atoms with Gasteiger partial charge in [-0.1, -0.05) is 46.4 Å². The molecule has 0 saturated heterocycles. The van der Waals surface area contributed by atoms with Gasteiger partial charge < -0.3 is 0 Å². The Morgan fingerprint density at radius 3 is 2.17 bits per heavy atom. The molecule has 1 heterocycles. The van der Waals surface area contributed by atoms with E-state index in [1.165, 1.54) is 6.07 Å². The smallest absolute Gasteiger partial charge is 0.267 e. The van der Waals surface area contributed by atoms with Crippen LogP contribution in [0.5, 0.6) is 0 Å². The van der Waals surface area contributed by atoms with Crippen LogP contribution in [0.3, 0.4) is 0 Å². The molecule has 0 aliphatic heterocycles. The average Bonchev–Trinajstić information content (AvgIpc) is 2.43. The van der Waals surface area contributed by atoms with Gasteiger partial charge in [-0.25, -0.2) is 13.6 Å². The van der Waals surface area contributed by atoms with E-state index in [1.807, 2.05) is 0 Å². The summed E-state index contributed by atoms with van der Waals surface area (Å²) in [5.74, 6) is -2.37. The van der Waals surface area contributed by atoms with E-state index in [9.17, 15) is 18.4 Å². The summed E-state index contributed by atoms with van der Waals surface area (Å²) in [5.41, 5.74) is -3.75. The topological polar surface area (TPSA) is 67.8 Å². The molecule has 12 heteroatoms. The summed E-state index contributed by atoms with van der Waals surface area (Å²) < 4.78 is 26.7. The van der Waals surface area contributed by atoms with E-state index >= 15 is 0 Å². The number of halogens is 6. The molecule has 126 valence electrons. The third kappa shape index (κ3) is 3.87. The van der Waals surface area contributed by atoms with E-state index in [1.54, 1.807) is 0 Å². The van der Waals surface area contributed by atoms with E-state index in [0.717, 1.165) is 12.1 Å². The fourth-order valence-electron chi connectivity index (χ4n) is 1.72. The minimum atomic E-state index is -2.13. The number of aromatic nitrogens is 2. The predicted molar refractivity (Wildman–Crippen MR) is 89.2 cm³/mol. The van der Waals surface area contributed by atoms with Gasteiger partial charge in [-0.15, -0.1) is 0 Å². The summed E-state index contributed by atoms with van der Waals surface area (Å²) in [6.07, 6.45) is 0.690. The monoisotopic (exact) mass is 431 g/mol. The van der Waals surface area contributed by atoms with Gasteiger partial charge in [-0.05, 0) is 12.1 Å². The number of hydrogen-bond donors (Lipinski definition) is 0. The first-order chi connectivity index (χ1) is 11.0. The Balaban J connectivity index is 2.88. The van der Waals surface area contributed by atoms with Crippen molar-refractivity contribution in [3.8, 4) is 11.8 Å². The number of benzene rings is 1. The van der Waals surface area contributed by atoms with E-state index in [4.69, 9.17) is 51.7 Å². The van der Waals surface area contributed by atoms with E-state index in [0.29, 0.717) is 14.7 Å². The maximum absolute atomic E-state index is 14.0. The summed E-state index contributed by atoms with van der Waals surface area (Å²) in [5, 5.41) is 8.75. The lowest BCUT2D eigenvalue weighted by molar-refractivity contribution is 0.563. The molecule has 0 atom stereocenters. The van der Waals surface area contributed by atoms with E-state index in [-0.39, 0.29) is 17.0 Å². The Labute approximate surface area is 157 Å². The van der Waals surface area contributed by atoms with Gasteiger partial charge in [0.15, 0.2) is 11.6 Å². The predicted octanol–water partition coefficient (Wildman–Crippen LogP) is 3.63. The molecule has 0 spiro atoms. The van der Waals surface area contributed by atoms with Crippen molar-refractivity contribution in [3.05, 3.63) is 61.4 Å². The van der Waals surface area contributed by atoms with Gasteiger partial charge in [0.05, 0.1) is 0 Å². The molecular formula is C12H3Cl4F2N3O2S. The van der Waals surface area contributed by atoms with Crippen LogP contribution in [0.25, 0.3) is 5.69 Å². The van der Waals surface area contributed by atoms with Gasteiger partial charge in [0.1, 0.15) is 17.3 Å². The minimum Gasteiger partial charge on any atom is -0.267 e. The Bertz CT molecular complexity index is 955. The maximum Gasteiger partial charge on any atom is 0.346 e. The first kappa shape index (κ1) is 19.1. The van der Waals surface area contributed by atoms with Crippen molar-refractivity contribution < 1.29 is 8.78 Å². The SMILES string of the molecule is N#Cc1cn(-c2c(F)cc(Cl)cc2F)c(=O)n(SC(Cl)(Cl)Cl)c1=O. The van der Waals surface area contributed by atoms with Gasteiger partial charge in [-0.2, -0.15) is 9.23 Å². The number of hydrogen-bond acceptors (Lipinski definition) is 4. The molecular weight excluding hydrogens is 430 g/mol. The first-order valence-corrected chi connectivity index (χ1v) is 8.03. The fraction of sp³-hybridized carbons (Fsp3) is 0.0833. The second kappa shape index (κ2) is 6.94. The molecule has 1 aromatic heterocycles. The lowest BCUT2D eigenvalue weighted by Crippen LogP contribution is -2.39. The third-order valence-electron chi connectivity index (χ3n) is 2.59. The molecule has 0 N–H and O–H groups in total. The van der Waals surface area contributed by atoms with Gasteiger partial charge >= 0.3 is 5.69 Å². The number of rotatable bonds is 2. The molecule has 0 radical (unpaired) electrons. The molecule has 5 nitrogen and oxygen atoms in total. The summed E-state index contributed by atoms with van der Waals surface area (Å²) in [7, 11) is 0. The van der Waals surface area contributed by atoms with Crippen molar-refractivity contribution in [2.75, 3.05) is 0 Å². The quantitative estimate of drug-likeness (QED) is 0.679. The number of nitriles is 1. The van der Waals surface area contributed by atoms with Crippen molar-refractivity contribution in [1.29, 1.82) is 5.26 Å². The van der Waals surface area contributed by atoms with Crippen molar-refractivity contribution in [2.24, 2.45) is 0 Å². The van der Waals surface area contributed by atoms with Crippen LogP contribution in [0.15, 0.2) is 27.9 Å². The molecule has 24 heavy (non-hydrogen) atoms. The summed E-state index contributed by atoms with van der Waals surface area (Å²) in [4.78, 5) is 24.4. The highest BCUT2D eigenvalue weighted by molar-refractivity contribution is 8.03. The molecule has 0 unspecified atom stereocenters. The lowest BCUT2D eigenvalue weighted by Gasteiger charge is -2.14. The second-order valence-corrected chi connectivity index (χ2v) is 8.71. The first-order valence-electron chi connectivity index (χ1n) is 5.75. The van der Waals surface area contributed by atoms with Crippen LogP contribution in [-0.2, 0) is 0 Å². The van der Waals surface area contributed by atoms with Crippen LogP contribution in [0.1, 0.15) is 5.56 Å². The molecule has 0 aliphatic rings. The van der Waals surface area contributed by atoms with Crippen molar-refractivity contribution >= 4 is 58.4 Å². The largest absolute Gasteiger partial charge is 0.346 e. The second-order valence-electron chi connectivity index (χ2n) is 4.16. The highest BCUT2D eigenvalue weighted by Crippen LogP contribution is 2.38. The van der Waals surface area contributed by atoms with Gasteiger partial charge in [0.25, 0.3) is 8.68 Å². The zero-order chi connectivity index (χ0) is 18.2. The average molecular weight is 433 g/mol. The van der Waals surface area contributed by atoms with Crippen LogP contribution >= 0.6 is 58.4 Å². The Hall–Kier alpha value is -1.24. The summed E-state index contributed by atoms with van der Waals surface area (Å²) >= 11 is 22.3. The number of nitrogens with zero attached hydrogens (tertiary/aromatic N) is 3. The fourth-order valence-corrected chi connectivity index (χ4v) is 3.09. The summed E-state index contributed by atoms with van der Waals surface area (Å²) in [6, 6.07) is 3.02. The molecule has 1 aromatic carbocycles. The number of alkyl halides is 3. The van der Waals surface area contributed by atoms with Crippen molar-refractivity contribution in [3.63, 3.8) is 0 Å². The van der Waals surface area contributed by atoms with E-state index in [2.05, 4.69) is 0 Å². The zero-order valence-electron chi connectivity index (χ0n) is 11.1. The van der Waals surface area contributed by atoms with Crippen LogP contribution in [0.4, 0.5) is 8.78 Å². The maximum atomic E-state index is 14.0. The van der Waals surface area contributed by atoms with Crippen LogP contribution < -0.4 is 11.2 Å². The highest BCUT2D eigenvalue weighted by Gasteiger charge is 2.27. The van der Waals surface area contributed by atoms with Crippen LogP contribution in [0.2, 0.25) is 5.02 Å². The van der Waals surface area contributed by atoms with Crippen LogP contribution in [0, 0.1) is 23.0 Å². The Morgan fingerprint density at radius 2 is 1.71 bits per heavy atom. The van der Waals surface area contributed by atoms with Gasteiger partial charge in [-0.3, -0.25) is 9.36 Å². The Kier molecular flexibility index (Phi) is 5.52. The molecule has 0 fully saturated rings. The zero-order valence-corrected chi connectivity index (χ0v) is 14.9. The molecule has 2 aromatic rings. The third-order valence-corrected chi connectivity index (χ3v) is 4.14. The van der Waals surface area contributed by atoms with E-state index < -0.39 is 37.3 Å². The molecule has 0 saturated carbocycles. The molecule has 2 rings (SSSR count). The van der Waals surface area contributed by atoms with Crippen molar-refractivity contribution in [2.45, 2.75) is 3.12 Å². The van der Waals surface area contributed by atoms with Gasteiger partial charge in [0, 0.05) is 23.2 Å². The minimum absolute atomic E-state index is 0.152. The normalized spacial score (nSPS) is 11.4. The standard InChI is InChI=1S/C12H3Cl4F2N3O2S/c13-6-1-7(17)9(8(18)2-6)20-4-5(3-19)10(22)21(11(20)23)24-12(14,15)16/h1-2,4H. The summed E-state index contributed by atoms with van der Waals surface area (Å²) in [6.45, 7) is 0. The van der Waals surface area contributed by atoms with Crippen LogP contribution in [-0.4, -0.2) is 11.7 Å². The molecule has 0 aliphatic carbocycles. The van der Waals surface area contributed by atoms with Gasteiger partial charge in [0.2, 0.25) is 0 Å². The molecule has 0 amide bonds. The highest BCUT2D eigenvalue weighted by atomic mass is 35.6. The van der Waals surface area contributed by atoms with Crippen molar-refractivity contribution in [1.82, 2.24) is 8.54 Å². The lowest BCUT2D eigenvalue weighted by atomic mass is 10.2.